The molecule has 0 saturated carbocycles. The second-order valence-electron chi connectivity index (χ2n) is 10.3. The van der Waals surface area contributed by atoms with Gasteiger partial charge in [-0.05, 0) is 32.4 Å². The molecule has 12 heteroatoms. The van der Waals surface area contributed by atoms with E-state index >= 15 is 0 Å². The highest BCUT2D eigenvalue weighted by molar-refractivity contribution is 6.18. The molecule has 0 aromatic heterocycles. The molecule has 37 heavy (non-hydrogen) atoms. The van der Waals surface area contributed by atoms with Gasteiger partial charge in [0.15, 0.2) is 0 Å². The molecule has 2 N–H and O–H groups in total. The third-order valence-corrected chi connectivity index (χ3v) is 8.09. The van der Waals surface area contributed by atoms with Gasteiger partial charge in [0.05, 0.1) is 12.5 Å². The normalized spacial score (nSPS) is 29.8. The Morgan fingerprint density at radius 1 is 0.973 bits per heavy atom. The quantitative estimate of drug-likeness (QED) is 0.423. The molecular weight excluding hydrogens is 482 g/mol. The summed E-state index contributed by atoms with van der Waals surface area (Å²) in [5.41, 5.74) is 0.355. The van der Waals surface area contributed by atoms with E-state index in [1.807, 2.05) is 15.9 Å². The number of nitrogens with zero attached hydrogens (tertiary/aromatic N) is 4. The van der Waals surface area contributed by atoms with Gasteiger partial charge >= 0.3 is 5.97 Å². The van der Waals surface area contributed by atoms with Gasteiger partial charge in [-0.25, -0.2) is 0 Å². The monoisotopic (exact) mass is 513 g/mol. The van der Waals surface area contributed by atoms with Crippen LogP contribution >= 0.6 is 0 Å². The lowest BCUT2D eigenvalue weighted by Gasteiger charge is -2.42. The van der Waals surface area contributed by atoms with E-state index < -0.39 is 41.6 Å². The van der Waals surface area contributed by atoms with Crippen LogP contribution in [0.4, 0.5) is 0 Å². The van der Waals surface area contributed by atoms with Gasteiger partial charge in [-0.3, -0.25) is 48.8 Å². The van der Waals surface area contributed by atoms with Crippen LogP contribution in [0.25, 0.3) is 0 Å². The maximum absolute atomic E-state index is 13.4. The zero-order chi connectivity index (χ0) is 26.3. The van der Waals surface area contributed by atoms with Crippen molar-refractivity contribution in [3.8, 4) is 0 Å². The zero-order valence-electron chi connectivity index (χ0n) is 20.5. The number of nitrogens with one attached hydrogen (secondary N) is 1. The van der Waals surface area contributed by atoms with E-state index in [9.17, 15) is 28.8 Å². The Bertz CT molecular complexity index is 1080. The number of imide groups is 2. The minimum Gasteiger partial charge on any atom is -0.480 e. The maximum atomic E-state index is 13.4. The SMILES string of the molecule is O=C(O)CN1CCC(C(=O)N2CCN(C3C=CC=C4C(=O)N(C5CCC(=O)NC5=O)C(=O)C43)CC2)CC1. The van der Waals surface area contributed by atoms with E-state index in [2.05, 4.69) is 10.2 Å². The average Bonchev–Trinajstić information content (AvgIpc) is 3.14. The van der Waals surface area contributed by atoms with E-state index in [0.717, 1.165) is 4.90 Å². The Morgan fingerprint density at radius 3 is 2.32 bits per heavy atom. The van der Waals surface area contributed by atoms with Crippen molar-refractivity contribution in [3.63, 3.8) is 0 Å². The number of carboxylic acids is 1. The predicted molar refractivity (Wildman–Crippen MR) is 127 cm³/mol. The van der Waals surface area contributed by atoms with E-state index in [-0.39, 0.29) is 37.3 Å². The van der Waals surface area contributed by atoms with Crippen LogP contribution in [0, 0.1) is 11.8 Å². The van der Waals surface area contributed by atoms with Gasteiger partial charge in [-0.2, -0.15) is 0 Å². The predicted octanol–water partition coefficient (Wildman–Crippen LogP) is -1.42. The molecule has 5 rings (SSSR count). The van der Waals surface area contributed by atoms with Crippen molar-refractivity contribution in [1.82, 2.24) is 24.9 Å². The van der Waals surface area contributed by atoms with Crippen LogP contribution in [0.1, 0.15) is 25.7 Å². The number of carbonyl (C=O) groups excluding carboxylic acids is 5. The first-order valence-corrected chi connectivity index (χ1v) is 12.8. The van der Waals surface area contributed by atoms with Crippen molar-refractivity contribution < 1.29 is 33.9 Å². The van der Waals surface area contributed by atoms with Crippen LogP contribution in [-0.2, 0) is 28.8 Å². The number of carboxylic acid groups (broad SMARTS) is 1. The Morgan fingerprint density at radius 2 is 1.68 bits per heavy atom. The van der Waals surface area contributed by atoms with Crippen molar-refractivity contribution in [3.05, 3.63) is 23.8 Å². The molecule has 0 aromatic rings. The molecule has 4 fully saturated rings. The number of piperidine rings is 2. The fraction of sp³-hybridized carbons (Fsp3) is 0.600. The molecule has 5 amide bonds. The molecule has 4 saturated heterocycles. The van der Waals surface area contributed by atoms with Gasteiger partial charge in [0.2, 0.25) is 23.6 Å². The maximum Gasteiger partial charge on any atom is 0.317 e. The van der Waals surface area contributed by atoms with Crippen LogP contribution < -0.4 is 5.32 Å². The number of likely N-dealkylation sites (tertiary alicyclic amines) is 2. The highest BCUT2D eigenvalue weighted by Gasteiger charge is 2.53. The van der Waals surface area contributed by atoms with E-state index in [0.29, 0.717) is 57.7 Å². The van der Waals surface area contributed by atoms with Crippen LogP contribution in [0.15, 0.2) is 23.8 Å². The summed E-state index contributed by atoms with van der Waals surface area (Å²) >= 11 is 0. The molecule has 3 unspecified atom stereocenters. The van der Waals surface area contributed by atoms with Crippen molar-refractivity contribution in [2.24, 2.45) is 11.8 Å². The van der Waals surface area contributed by atoms with E-state index in [1.54, 1.807) is 12.2 Å². The zero-order valence-corrected chi connectivity index (χ0v) is 20.5. The van der Waals surface area contributed by atoms with Crippen molar-refractivity contribution in [2.45, 2.75) is 37.8 Å². The van der Waals surface area contributed by atoms with Crippen LogP contribution in [0.5, 0.6) is 0 Å². The van der Waals surface area contributed by atoms with E-state index in [1.165, 1.54) is 0 Å². The summed E-state index contributed by atoms with van der Waals surface area (Å²) in [7, 11) is 0. The number of fused-ring (bicyclic) bond motifs is 1. The number of piperazine rings is 1. The number of aliphatic carboxylic acids is 1. The fourth-order valence-corrected chi connectivity index (χ4v) is 6.13. The molecule has 4 aliphatic heterocycles. The highest BCUT2D eigenvalue weighted by atomic mass is 16.4. The number of carbonyl (C=O) groups is 6. The first-order valence-electron chi connectivity index (χ1n) is 12.8. The van der Waals surface area contributed by atoms with Gasteiger partial charge in [-0.15, -0.1) is 0 Å². The van der Waals surface area contributed by atoms with Gasteiger partial charge in [0, 0.05) is 50.1 Å². The molecular formula is C25H31N5O7. The summed E-state index contributed by atoms with van der Waals surface area (Å²) in [6.07, 6.45) is 6.76. The van der Waals surface area contributed by atoms with Gasteiger partial charge in [0.25, 0.3) is 5.91 Å². The lowest BCUT2D eigenvalue weighted by Crippen LogP contribution is -2.57. The molecule has 5 aliphatic rings. The molecule has 1 aliphatic carbocycles. The lowest BCUT2D eigenvalue weighted by molar-refractivity contribution is -0.151. The summed E-state index contributed by atoms with van der Waals surface area (Å²) < 4.78 is 0. The van der Waals surface area contributed by atoms with E-state index in [4.69, 9.17) is 5.11 Å². The Hall–Kier alpha value is -3.38. The molecule has 12 nitrogen and oxygen atoms in total. The summed E-state index contributed by atoms with van der Waals surface area (Å²) in [4.78, 5) is 81.3. The van der Waals surface area contributed by atoms with Crippen LogP contribution in [0.3, 0.4) is 0 Å². The Kier molecular flexibility index (Phi) is 6.95. The standard InChI is InChI=1S/C25H31N5O7/c31-19-5-4-18(22(34)26-19)30-24(36)16-2-1-3-17(21(16)25(30)37)28-10-12-29(13-11-28)23(35)15-6-8-27(9-7-15)14-20(32)33/h1-3,15,17-18,21H,4-14H2,(H,32,33)(H,26,31,34). The number of hydrogen-bond acceptors (Lipinski definition) is 8. The number of hydrogen-bond donors (Lipinski definition) is 2. The topological polar surface area (TPSA) is 148 Å². The highest BCUT2D eigenvalue weighted by Crippen LogP contribution is 2.37. The van der Waals surface area contributed by atoms with Crippen molar-refractivity contribution >= 4 is 35.5 Å². The number of rotatable bonds is 5. The third kappa shape index (κ3) is 4.82. The second kappa shape index (κ2) is 10.2. The molecule has 0 radical (unpaired) electrons. The van der Waals surface area contributed by atoms with Crippen LogP contribution in [-0.4, -0.2) is 118 Å². The van der Waals surface area contributed by atoms with Crippen LogP contribution in [0.2, 0.25) is 0 Å². The lowest BCUT2D eigenvalue weighted by atomic mass is 9.87. The summed E-state index contributed by atoms with van der Waals surface area (Å²) in [6.45, 7) is 3.27. The molecule has 0 bridgehead atoms. The average molecular weight is 514 g/mol. The molecule has 198 valence electrons. The molecule has 0 aromatic carbocycles. The summed E-state index contributed by atoms with van der Waals surface area (Å²) in [6, 6.07) is -1.34. The summed E-state index contributed by atoms with van der Waals surface area (Å²) in [5, 5.41) is 11.2. The number of amides is 5. The number of allylic oxidation sites excluding steroid dienone is 2. The first-order chi connectivity index (χ1) is 17.7. The van der Waals surface area contributed by atoms with Gasteiger partial charge in [-0.1, -0.05) is 18.2 Å². The van der Waals surface area contributed by atoms with Crippen molar-refractivity contribution in [1.29, 1.82) is 0 Å². The first kappa shape index (κ1) is 25.3. The smallest absolute Gasteiger partial charge is 0.317 e. The third-order valence-electron chi connectivity index (χ3n) is 8.09. The Labute approximate surface area is 213 Å². The largest absolute Gasteiger partial charge is 0.480 e. The minimum absolute atomic E-state index is 0.00567. The second-order valence-corrected chi connectivity index (χ2v) is 10.3. The van der Waals surface area contributed by atoms with Gasteiger partial charge < -0.3 is 10.0 Å². The molecule has 0 spiro atoms. The summed E-state index contributed by atoms with van der Waals surface area (Å²) in [5.74, 6) is -3.55. The van der Waals surface area contributed by atoms with Crippen molar-refractivity contribution in [2.75, 3.05) is 45.8 Å². The molecule has 4 heterocycles. The molecule has 3 atom stereocenters. The Balaban J connectivity index is 1.19. The fourth-order valence-electron chi connectivity index (χ4n) is 6.13. The minimum atomic E-state index is -0.985. The van der Waals surface area contributed by atoms with Gasteiger partial charge in [0.1, 0.15) is 6.04 Å².